The van der Waals surface area contributed by atoms with Gasteiger partial charge in [0.2, 0.25) is 0 Å². The molecule has 0 aliphatic heterocycles. The number of carboxylic acid groups (broad SMARTS) is 8. The van der Waals surface area contributed by atoms with Gasteiger partial charge in [-0.2, -0.15) is 0 Å². The van der Waals surface area contributed by atoms with Crippen LogP contribution in [0.5, 0.6) is 0 Å². The predicted molar refractivity (Wildman–Crippen MR) is 188 cm³/mol. The van der Waals surface area contributed by atoms with Gasteiger partial charge in [0.25, 0.3) is 0 Å². The zero-order chi connectivity index (χ0) is 40.6. The molecule has 0 atom stereocenters. The van der Waals surface area contributed by atoms with Crippen LogP contribution in [0.3, 0.4) is 0 Å². The second kappa shape index (κ2) is 14.9. The number of rotatable bonds is 10. The van der Waals surface area contributed by atoms with E-state index in [9.17, 15) is 69.0 Å². The molecular weight excluding hydrogens is 724 g/mol. The van der Waals surface area contributed by atoms with Gasteiger partial charge in [-0.3, -0.25) is 0 Å². The Labute approximate surface area is 309 Å². The summed E-state index contributed by atoms with van der Waals surface area (Å²) in [4.78, 5) is 96.2. The molecule has 16 nitrogen and oxygen atoms in total. The molecule has 3 aromatic carbocycles. The topological polar surface area (TPSA) is 298 Å². The monoisotopic (exact) mass is 754 g/mol. The van der Waals surface area contributed by atoms with E-state index < -0.39 is 104 Å². The maximum atomic E-state index is 13.1. The molecule has 0 aromatic heterocycles. The molecular formula is C39H30O16. The van der Waals surface area contributed by atoms with E-state index in [0.717, 1.165) is 18.2 Å². The van der Waals surface area contributed by atoms with Crippen molar-refractivity contribution in [3.63, 3.8) is 0 Å². The molecule has 3 aromatic rings. The molecule has 0 heterocycles. The first-order valence-corrected chi connectivity index (χ1v) is 16.4. The summed E-state index contributed by atoms with van der Waals surface area (Å²) in [5.41, 5.74) is -5.35. The molecule has 55 heavy (non-hydrogen) atoms. The molecule has 1 saturated carbocycles. The van der Waals surface area contributed by atoms with Gasteiger partial charge in [0.1, 0.15) is 0 Å². The third kappa shape index (κ3) is 6.95. The SMILES string of the molecule is C=C1CC=C(C(=O)O)C(C(=O)O)=C1c1c(C(=O)O)c(C(=O)O)c2c(c1-c1cccc(C(=O)O)c1C(=O)O)C1CCC2CC1.O=C(O)c1cccc(C(=O)O)c1. The lowest BCUT2D eigenvalue weighted by atomic mass is 9.61. The quantitative estimate of drug-likeness (QED) is 0.121. The highest BCUT2D eigenvalue weighted by atomic mass is 16.4. The van der Waals surface area contributed by atoms with Crippen LogP contribution in [-0.2, 0) is 9.59 Å². The van der Waals surface area contributed by atoms with Crippen LogP contribution in [0, 0.1) is 0 Å². The summed E-state index contributed by atoms with van der Waals surface area (Å²) in [6.45, 7) is 3.86. The molecule has 0 unspecified atom stereocenters. The highest BCUT2D eigenvalue weighted by molar-refractivity contribution is 6.20. The van der Waals surface area contributed by atoms with Gasteiger partial charge in [-0.05, 0) is 96.0 Å². The third-order valence-corrected chi connectivity index (χ3v) is 9.80. The van der Waals surface area contributed by atoms with E-state index in [2.05, 4.69) is 6.58 Å². The number of hydrogen-bond donors (Lipinski definition) is 8. The minimum atomic E-state index is -1.78. The fraction of sp³-hybridized carbons (Fsp3) is 0.179. The number of aromatic carboxylic acids is 6. The second-order valence-corrected chi connectivity index (χ2v) is 12.8. The van der Waals surface area contributed by atoms with Crippen molar-refractivity contribution in [3.8, 4) is 11.1 Å². The Bertz CT molecular complexity index is 2320. The molecule has 8 N–H and O–H groups in total. The predicted octanol–water partition coefficient (Wildman–Crippen LogP) is 5.79. The minimum absolute atomic E-state index is 0.0186. The molecule has 2 bridgehead atoms. The molecule has 16 heteroatoms. The lowest BCUT2D eigenvalue weighted by Crippen LogP contribution is -2.29. The van der Waals surface area contributed by atoms with Crippen LogP contribution in [0.4, 0.5) is 0 Å². The van der Waals surface area contributed by atoms with Crippen molar-refractivity contribution in [2.45, 2.75) is 43.9 Å². The van der Waals surface area contributed by atoms with Gasteiger partial charge in [0.05, 0.1) is 44.5 Å². The lowest BCUT2D eigenvalue weighted by molar-refractivity contribution is -0.136. The summed E-state index contributed by atoms with van der Waals surface area (Å²) in [6.07, 6.45) is 2.96. The van der Waals surface area contributed by atoms with E-state index in [4.69, 9.17) is 10.2 Å². The zero-order valence-corrected chi connectivity index (χ0v) is 28.4. The summed E-state index contributed by atoms with van der Waals surface area (Å²) >= 11 is 0. The van der Waals surface area contributed by atoms with Crippen molar-refractivity contribution in [2.75, 3.05) is 0 Å². The van der Waals surface area contributed by atoms with Crippen molar-refractivity contribution in [1.82, 2.24) is 0 Å². The number of aliphatic carboxylic acids is 2. The van der Waals surface area contributed by atoms with E-state index >= 15 is 0 Å². The Kier molecular flexibility index (Phi) is 10.6. The first kappa shape index (κ1) is 38.9. The van der Waals surface area contributed by atoms with Gasteiger partial charge in [-0.15, -0.1) is 0 Å². The van der Waals surface area contributed by atoms with Gasteiger partial charge < -0.3 is 40.9 Å². The number of carboxylic acids is 8. The van der Waals surface area contributed by atoms with Crippen LogP contribution in [-0.4, -0.2) is 88.6 Å². The Balaban J connectivity index is 0.000000413. The van der Waals surface area contributed by atoms with E-state index in [1.807, 2.05) is 0 Å². The van der Waals surface area contributed by atoms with Crippen molar-refractivity contribution in [2.24, 2.45) is 0 Å². The molecule has 0 amide bonds. The Morgan fingerprint density at radius 1 is 0.527 bits per heavy atom. The Morgan fingerprint density at radius 3 is 1.49 bits per heavy atom. The molecule has 4 aliphatic carbocycles. The van der Waals surface area contributed by atoms with Crippen LogP contribution in [0.15, 0.2) is 71.8 Å². The van der Waals surface area contributed by atoms with Crippen molar-refractivity contribution < 1.29 is 79.2 Å². The summed E-state index contributed by atoms with van der Waals surface area (Å²) in [5, 5.41) is 78.2. The molecule has 1 fully saturated rings. The highest BCUT2D eigenvalue weighted by Gasteiger charge is 2.45. The standard InChI is InChI=1S/C31H24O12.C8H6O4/c1-11-5-10-16(27(34)35)22(29(38)39)17(11)23-21(14-3-2-4-15(26(32)33)20(14)28(36)37)18-12-6-8-13(9-7-12)19(18)24(30(40)41)25(23)31(42)43;9-7(10)5-2-1-3-6(4-5)8(11)12/h2-4,10,12-13H,1,5-9H2,(H,32,33)(H,34,35)(H,36,37)(H,38,39)(H,40,41)(H,42,43);1-4H,(H,9,10)(H,11,12). The summed E-state index contributed by atoms with van der Waals surface area (Å²) in [7, 11) is 0. The maximum absolute atomic E-state index is 13.1. The molecule has 7 rings (SSSR count). The van der Waals surface area contributed by atoms with Crippen LogP contribution < -0.4 is 0 Å². The van der Waals surface area contributed by atoms with Crippen molar-refractivity contribution in [1.29, 1.82) is 0 Å². The van der Waals surface area contributed by atoms with Crippen LogP contribution in [0.25, 0.3) is 16.7 Å². The third-order valence-electron chi connectivity index (χ3n) is 9.80. The second-order valence-electron chi connectivity index (χ2n) is 12.8. The van der Waals surface area contributed by atoms with Gasteiger partial charge in [-0.1, -0.05) is 30.9 Å². The number of hydrogen-bond acceptors (Lipinski definition) is 8. The fourth-order valence-corrected chi connectivity index (χ4v) is 7.69. The minimum Gasteiger partial charge on any atom is -0.478 e. The number of fused-ring (bicyclic) bond motifs is 2. The lowest BCUT2D eigenvalue weighted by Gasteiger charge is -2.42. The van der Waals surface area contributed by atoms with E-state index in [1.165, 1.54) is 30.3 Å². The maximum Gasteiger partial charge on any atom is 0.337 e. The van der Waals surface area contributed by atoms with Gasteiger partial charge >= 0.3 is 47.8 Å². The number of benzene rings is 3. The molecule has 0 saturated heterocycles. The van der Waals surface area contributed by atoms with Gasteiger partial charge in [0, 0.05) is 11.1 Å². The average Bonchev–Trinajstić information content (AvgIpc) is 3.13. The molecule has 0 radical (unpaired) electrons. The largest absolute Gasteiger partial charge is 0.478 e. The number of allylic oxidation sites excluding steroid dienone is 3. The molecule has 0 spiro atoms. The molecule has 4 aliphatic rings. The van der Waals surface area contributed by atoms with Gasteiger partial charge in [-0.25, -0.2) is 38.4 Å². The zero-order valence-electron chi connectivity index (χ0n) is 28.4. The number of carbonyl (C=O) groups is 8. The Morgan fingerprint density at radius 2 is 1.04 bits per heavy atom. The Hall–Kier alpha value is -7.36. The fourth-order valence-electron chi connectivity index (χ4n) is 7.69. The van der Waals surface area contributed by atoms with Gasteiger partial charge in [0.15, 0.2) is 0 Å². The van der Waals surface area contributed by atoms with Crippen LogP contribution in [0.1, 0.15) is 123 Å². The van der Waals surface area contributed by atoms with Crippen LogP contribution >= 0.6 is 0 Å². The summed E-state index contributed by atoms with van der Waals surface area (Å²) in [6, 6.07) is 8.74. The normalized spacial score (nSPS) is 16.9. The smallest absolute Gasteiger partial charge is 0.337 e. The summed E-state index contributed by atoms with van der Waals surface area (Å²) < 4.78 is 0. The average molecular weight is 755 g/mol. The van der Waals surface area contributed by atoms with Crippen molar-refractivity contribution >= 4 is 53.3 Å². The summed E-state index contributed by atoms with van der Waals surface area (Å²) in [5.74, 6) is -13.1. The van der Waals surface area contributed by atoms with Crippen molar-refractivity contribution in [3.05, 3.63) is 122 Å². The molecule has 282 valence electrons. The van der Waals surface area contributed by atoms with E-state index in [0.29, 0.717) is 31.2 Å². The first-order valence-electron chi connectivity index (χ1n) is 16.4. The highest BCUT2D eigenvalue weighted by Crippen LogP contribution is 2.57. The van der Waals surface area contributed by atoms with Crippen LogP contribution in [0.2, 0.25) is 0 Å². The van der Waals surface area contributed by atoms with E-state index in [-0.39, 0.29) is 39.8 Å². The van der Waals surface area contributed by atoms with E-state index in [1.54, 1.807) is 0 Å². The first-order chi connectivity index (χ1) is 25.9.